The Kier molecular flexibility index (Phi) is 5.81. The third-order valence-electron chi connectivity index (χ3n) is 1.44. The fourth-order valence-corrected chi connectivity index (χ4v) is 1.86. The van der Waals surface area contributed by atoms with Gasteiger partial charge in [-0.25, -0.2) is 0 Å². The minimum atomic E-state index is -4.72. The van der Waals surface area contributed by atoms with Crippen molar-refractivity contribution in [2.45, 2.75) is 11.1 Å². The maximum absolute atomic E-state index is 12.3. The van der Waals surface area contributed by atoms with Crippen molar-refractivity contribution >= 4 is 22.7 Å². The molecule has 0 saturated heterocycles. The van der Waals surface area contributed by atoms with Crippen LogP contribution >= 0.6 is 11.6 Å². The summed E-state index contributed by atoms with van der Waals surface area (Å²) in [6.07, 6.45) is -4.72. The summed E-state index contributed by atoms with van der Waals surface area (Å²) in [5.41, 5.74) is -1.25. The Labute approximate surface area is 113 Å². The van der Waals surface area contributed by atoms with Gasteiger partial charge in [0.1, 0.15) is 0 Å². The van der Waals surface area contributed by atoms with Gasteiger partial charge in [-0.2, -0.15) is 13.2 Å². The van der Waals surface area contributed by atoms with Crippen LogP contribution in [0, 0.1) is 0 Å². The Morgan fingerprint density at radius 3 is 2.20 bits per heavy atom. The first-order valence-electron chi connectivity index (χ1n) is 3.29. The van der Waals surface area contributed by atoms with Gasteiger partial charge in [0.05, 0.1) is 15.5 Å². The van der Waals surface area contributed by atoms with Crippen molar-refractivity contribution in [3.63, 3.8) is 0 Å². The predicted molar refractivity (Wildman–Crippen MR) is 43.6 cm³/mol. The van der Waals surface area contributed by atoms with Gasteiger partial charge in [0.25, 0.3) is 0 Å². The smallest absolute Gasteiger partial charge is 0.768 e. The first-order valence-corrected chi connectivity index (χ1v) is 4.74. The molecule has 1 aromatic rings. The van der Waals surface area contributed by atoms with Crippen LogP contribution in [-0.2, 0) is 17.3 Å². The van der Waals surface area contributed by atoms with E-state index in [9.17, 15) is 21.9 Å². The third-order valence-corrected chi connectivity index (χ3v) is 2.64. The number of benzene rings is 1. The fraction of sp³-hybridized carbons (Fsp3) is 0.143. The molecule has 0 aliphatic rings. The van der Waals surface area contributed by atoms with E-state index in [1.807, 2.05) is 0 Å². The monoisotopic (exact) mass is 266 g/mol. The van der Waals surface area contributed by atoms with E-state index in [0.717, 1.165) is 12.1 Å². The van der Waals surface area contributed by atoms with Gasteiger partial charge in [-0.3, -0.25) is 4.21 Å². The Morgan fingerprint density at radius 2 is 1.87 bits per heavy atom. The molecule has 0 fully saturated rings. The molecule has 8 heteroatoms. The summed E-state index contributed by atoms with van der Waals surface area (Å²) in [6.45, 7) is 0. The number of hydrogen-bond donors (Lipinski definition) is 0. The summed E-state index contributed by atoms with van der Waals surface area (Å²) in [4.78, 5) is -0.915. The average molecular weight is 267 g/mol. The molecule has 0 N–H and O–H groups in total. The van der Waals surface area contributed by atoms with E-state index in [0.29, 0.717) is 6.07 Å². The van der Waals surface area contributed by atoms with Gasteiger partial charge in [-0.05, 0) is 23.2 Å². The molecule has 0 saturated carbocycles. The van der Waals surface area contributed by atoms with E-state index >= 15 is 0 Å². The van der Waals surface area contributed by atoms with Gasteiger partial charge in [0, 0.05) is 0 Å². The van der Waals surface area contributed by atoms with Crippen LogP contribution in [0.15, 0.2) is 23.1 Å². The molecule has 0 spiro atoms. The number of halogens is 4. The summed E-state index contributed by atoms with van der Waals surface area (Å²) in [6, 6.07) is 2.79. The van der Waals surface area contributed by atoms with Crippen molar-refractivity contribution in [2.24, 2.45) is 0 Å². The second kappa shape index (κ2) is 5.65. The van der Waals surface area contributed by atoms with Crippen LogP contribution in [-0.4, -0.2) is 8.76 Å². The minimum Gasteiger partial charge on any atom is -0.768 e. The van der Waals surface area contributed by atoms with E-state index in [2.05, 4.69) is 0 Å². The molecule has 0 amide bonds. The second-order valence-electron chi connectivity index (χ2n) is 2.35. The van der Waals surface area contributed by atoms with Crippen molar-refractivity contribution in [1.82, 2.24) is 0 Å². The number of rotatable bonds is 1. The molecule has 1 unspecified atom stereocenters. The molecule has 1 aromatic carbocycles. The largest absolute Gasteiger partial charge is 1.00 e. The van der Waals surface area contributed by atoms with Crippen molar-refractivity contribution in [1.29, 1.82) is 0 Å². The van der Waals surface area contributed by atoms with Crippen molar-refractivity contribution in [3.05, 3.63) is 28.8 Å². The summed E-state index contributed by atoms with van der Waals surface area (Å²) < 4.78 is 57.8. The van der Waals surface area contributed by atoms with E-state index < -0.39 is 32.7 Å². The molecule has 0 bridgehead atoms. The van der Waals surface area contributed by atoms with E-state index in [4.69, 9.17) is 11.6 Å². The molecule has 0 aliphatic carbocycles. The molecule has 15 heavy (non-hydrogen) atoms. The van der Waals surface area contributed by atoms with Crippen LogP contribution in [0.4, 0.5) is 13.2 Å². The topological polar surface area (TPSA) is 40.1 Å². The molecule has 0 heterocycles. The zero-order valence-corrected chi connectivity index (χ0v) is 11.0. The maximum Gasteiger partial charge on any atom is 1.00 e. The molecule has 1 rings (SSSR count). The Bertz CT molecular complexity index is 383. The molecule has 78 valence electrons. The van der Waals surface area contributed by atoms with Crippen LogP contribution in [0.25, 0.3) is 0 Å². The molecule has 0 aromatic heterocycles. The van der Waals surface area contributed by atoms with E-state index in [1.54, 1.807) is 0 Å². The zero-order chi connectivity index (χ0) is 10.9. The van der Waals surface area contributed by atoms with Crippen LogP contribution in [0.3, 0.4) is 0 Å². The Morgan fingerprint density at radius 1 is 1.33 bits per heavy atom. The first-order chi connectivity index (χ1) is 6.34. The van der Waals surface area contributed by atoms with Gasteiger partial charge in [0.2, 0.25) is 0 Å². The van der Waals surface area contributed by atoms with Crippen molar-refractivity contribution in [2.75, 3.05) is 0 Å². The zero-order valence-electron chi connectivity index (χ0n) is 7.47. The number of alkyl halides is 3. The summed E-state index contributed by atoms with van der Waals surface area (Å²) in [5.74, 6) is 0. The second-order valence-corrected chi connectivity index (χ2v) is 3.63. The SMILES string of the molecule is O=S([O-])c1c(Cl)cccc1C(F)(F)F.[Na+]. The standard InChI is InChI=1S/C7H4ClF3O2S.Na/c8-5-3-1-2-4(7(9,10)11)6(5)14(12)13;/h1-3H,(H,12,13);/q;+1/p-1. The van der Waals surface area contributed by atoms with Gasteiger partial charge in [-0.15, -0.1) is 0 Å². The van der Waals surface area contributed by atoms with Gasteiger partial charge < -0.3 is 4.55 Å². The summed E-state index contributed by atoms with van der Waals surface area (Å²) in [7, 11) is 0. The van der Waals surface area contributed by atoms with Crippen LogP contribution in [0.1, 0.15) is 5.56 Å². The molecule has 2 nitrogen and oxygen atoms in total. The quantitative estimate of drug-likeness (QED) is 0.513. The normalized spacial score (nSPS) is 13.1. The molecular formula is C7H3ClF3NaO2S. The van der Waals surface area contributed by atoms with Gasteiger partial charge >= 0.3 is 35.7 Å². The van der Waals surface area contributed by atoms with Crippen LogP contribution in [0.2, 0.25) is 5.02 Å². The predicted octanol–water partition coefficient (Wildman–Crippen LogP) is -0.399. The molecule has 1 atom stereocenters. The Hall–Kier alpha value is 0.410. The van der Waals surface area contributed by atoms with Gasteiger partial charge in [0.15, 0.2) is 0 Å². The number of hydrogen-bond acceptors (Lipinski definition) is 2. The maximum atomic E-state index is 12.3. The summed E-state index contributed by atoms with van der Waals surface area (Å²) in [5, 5.41) is -0.437. The Balaban J connectivity index is 0.00000196. The summed E-state index contributed by atoms with van der Waals surface area (Å²) >= 11 is 2.34. The van der Waals surface area contributed by atoms with Crippen molar-refractivity contribution < 1.29 is 51.5 Å². The van der Waals surface area contributed by atoms with Crippen LogP contribution in [0.5, 0.6) is 0 Å². The molecule has 0 aliphatic heterocycles. The average Bonchev–Trinajstić information content (AvgIpc) is 2.01. The van der Waals surface area contributed by atoms with Gasteiger partial charge in [-0.1, -0.05) is 17.7 Å². The molecule has 0 radical (unpaired) electrons. The first kappa shape index (κ1) is 15.4. The molecular weight excluding hydrogens is 264 g/mol. The third kappa shape index (κ3) is 3.72. The van der Waals surface area contributed by atoms with E-state index in [-0.39, 0.29) is 29.6 Å². The van der Waals surface area contributed by atoms with Crippen molar-refractivity contribution in [3.8, 4) is 0 Å². The minimum absolute atomic E-state index is 0. The van der Waals surface area contributed by atoms with Crippen LogP contribution < -0.4 is 29.6 Å². The fourth-order valence-electron chi connectivity index (χ4n) is 0.901. The van der Waals surface area contributed by atoms with E-state index in [1.165, 1.54) is 0 Å².